The van der Waals surface area contributed by atoms with Crippen LogP contribution in [0.4, 0.5) is 0 Å². The zero-order valence-corrected chi connectivity index (χ0v) is 31.0. The number of benzene rings is 1. The van der Waals surface area contributed by atoms with Gasteiger partial charge in [0.2, 0.25) is 35.4 Å². The molecule has 0 fully saturated rings. The minimum atomic E-state index is -1.60. The maximum atomic E-state index is 13.5. The van der Waals surface area contributed by atoms with Crippen LogP contribution in [0, 0.1) is 5.92 Å². The second-order valence-corrected chi connectivity index (χ2v) is 13.6. The Morgan fingerprint density at radius 3 is 1.85 bits per heavy atom. The highest BCUT2D eigenvalue weighted by molar-refractivity contribution is 7.98. The number of rotatable bonds is 23. The minimum absolute atomic E-state index is 0.0531. The summed E-state index contributed by atoms with van der Waals surface area (Å²) in [4.78, 5) is 100. The third-order valence-electron chi connectivity index (χ3n) is 7.74. The standard InChI is InChI=1S/C33H51N7O12S/c1-16(2)26(32(50)36-17(3)33(51)52)39-30(48)23(14-19-6-8-20(42)9-7-19)37-24(43)15-35-31(49)27(18(4)41)40-29(47)22(12-13-53-5)38-28(46)21(34)10-11-25(44)45/h6-9,16-18,21-23,26-27,41-42H,10-15,34H2,1-5H3,(H,35,49)(H,36,50)(H,37,43)(H,38,46)(H,39,48)(H,40,47)(H,44,45)(H,51,52)/t17-,18+,21-,22-,23-,26-,27-/m0/s1. The number of hydrogen-bond acceptors (Lipinski definition) is 12. The van der Waals surface area contributed by atoms with Crippen molar-refractivity contribution in [1.29, 1.82) is 0 Å². The first-order valence-corrected chi connectivity index (χ1v) is 18.1. The third-order valence-corrected chi connectivity index (χ3v) is 8.38. The first-order chi connectivity index (χ1) is 24.8. The molecular weight excluding hydrogens is 718 g/mol. The average molecular weight is 770 g/mol. The van der Waals surface area contributed by atoms with E-state index in [1.54, 1.807) is 20.1 Å². The van der Waals surface area contributed by atoms with Crippen LogP contribution in [0.15, 0.2) is 24.3 Å². The monoisotopic (exact) mass is 769 g/mol. The lowest BCUT2D eigenvalue weighted by Gasteiger charge is -2.26. The molecule has 7 atom stereocenters. The maximum Gasteiger partial charge on any atom is 0.325 e. The van der Waals surface area contributed by atoms with Crippen LogP contribution in [0.3, 0.4) is 0 Å². The van der Waals surface area contributed by atoms with Crippen molar-refractivity contribution in [2.45, 2.75) is 95.7 Å². The molecule has 0 spiro atoms. The maximum absolute atomic E-state index is 13.5. The molecule has 0 aliphatic rings. The van der Waals surface area contributed by atoms with Gasteiger partial charge in [-0.3, -0.25) is 38.4 Å². The molecule has 1 aromatic carbocycles. The molecule has 53 heavy (non-hydrogen) atoms. The number of carboxylic acid groups (broad SMARTS) is 2. The molecule has 19 nitrogen and oxygen atoms in total. The van der Waals surface area contributed by atoms with Crippen molar-refractivity contribution < 1.29 is 58.8 Å². The molecule has 0 heterocycles. The summed E-state index contributed by atoms with van der Waals surface area (Å²) in [7, 11) is 0. The van der Waals surface area contributed by atoms with Gasteiger partial charge in [0.25, 0.3) is 0 Å². The molecule has 0 radical (unpaired) electrons. The Kier molecular flexibility index (Phi) is 19.9. The third kappa shape index (κ3) is 17.0. The van der Waals surface area contributed by atoms with E-state index in [1.807, 2.05) is 0 Å². The summed E-state index contributed by atoms with van der Waals surface area (Å²) >= 11 is 1.36. The molecule has 0 saturated heterocycles. The fourth-order valence-electron chi connectivity index (χ4n) is 4.61. The molecule has 296 valence electrons. The van der Waals surface area contributed by atoms with Crippen molar-refractivity contribution in [2.24, 2.45) is 11.7 Å². The van der Waals surface area contributed by atoms with Crippen LogP contribution in [0.2, 0.25) is 0 Å². The molecule has 0 aliphatic heterocycles. The zero-order chi connectivity index (χ0) is 40.4. The van der Waals surface area contributed by atoms with E-state index in [-0.39, 0.29) is 31.4 Å². The van der Waals surface area contributed by atoms with Gasteiger partial charge in [-0.1, -0.05) is 26.0 Å². The quantitative estimate of drug-likeness (QED) is 0.0551. The van der Waals surface area contributed by atoms with Crippen molar-refractivity contribution in [1.82, 2.24) is 31.9 Å². The van der Waals surface area contributed by atoms with E-state index in [9.17, 15) is 48.6 Å². The van der Waals surface area contributed by atoms with Gasteiger partial charge < -0.3 is 58.1 Å². The van der Waals surface area contributed by atoms with Crippen LogP contribution in [0.1, 0.15) is 52.5 Å². The molecule has 0 aliphatic carbocycles. The number of amides is 6. The lowest BCUT2D eigenvalue weighted by atomic mass is 10.0. The van der Waals surface area contributed by atoms with E-state index in [4.69, 9.17) is 15.9 Å². The Hall–Kier alpha value is -4.95. The smallest absolute Gasteiger partial charge is 0.325 e. The molecule has 12 N–H and O–H groups in total. The van der Waals surface area contributed by atoms with Crippen LogP contribution in [-0.2, 0) is 44.8 Å². The molecule has 0 saturated carbocycles. The lowest BCUT2D eigenvalue weighted by molar-refractivity contribution is -0.142. The zero-order valence-electron chi connectivity index (χ0n) is 30.2. The van der Waals surface area contributed by atoms with Gasteiger partial charge in [-0.25, -0.2) is 0 Å². The number of aliphatic hydroxyl groups is 1. The Balaban J connectivity index is 3.08. The van der Waals surface area contributed by atoms with Gasteiger partial charge >= 0.3 is 11.9 Å². The van der Waals surface area contributed by atoms with E-state index >= 15 is 0 Å². The topological polar surface area (TPSA) is 316 Å². The second kappa shape index (κ2) is 22.9. The number of nitrogens with one attached hydrogen (secondary N) is 6. The molecule has 6 amide bonds. The summed E-state index contributed by atoms with van der Waals surface area (Å²) in [5, 5.41) is 52.4. The summed E-state index contributed by atoms with van der Waals surface area (Å²) in [5.41, 5.74) is 6.26. The highest BCUT2D eigenvalue weighted by Gasteiger charge is 2.33. The van der Waals surface area contributed by atoms with E-state index in [0.29, 0.717) is 11.3 Å². The SMILES string of the molecule is CSCC[C@H](NC(=O)[C@@H](N)CCC(=O)O)C(=O)N[C@H](C(=O)NCC(=O)N[C@@H](Cc1ccc(O)cc1)C(=O)N[C@H](C(=O)N[C@@H](C)C(=O)O)C(C)C)[C@@H](C)O. The highest BCUT2D eigenvalue weighted by Crippen LogP contribution is 2.12. The number of phenols is 1. The van der Waals surface area contributed by atoms with Gasteiger partial charge in [-0.05, 0) is 62.3 Å². The Morgan fingerprint density at radius 1 is 0.736 bits per heavy atom. The van der Waals surface area contributed by atoms with Gasteiger partial charge in [0.05, 0.1) is 18.7 Å². The first kappa shape index (κ1) is 46.1. The Bertz CT molecular complexity index is 1440. The molecule has 20 heteroatoms. The van der Waals surface area contributed by atoms with E-state index < -0.39 is 102 Å². The predicted molar refractivity (Wildman–Crippen MR) is 192 cm³/mol. The molecule has 0 aromatic heterocycles. The summed E-state index contributed by atoms with van der Waals surface area (Å²) in [6.45, 7) is 4.96. The predicted octanol–water partition coefficient (Wildman–Crippen LogP) is -2.44. The van der Waals surface area contributed by atoms with Crippen molar-refractivity contribution >= 4 is 59.1 Å². The first-order valence-electron chi connectivity index (χ1n) is 16.7. The van der Waals surface area contributed by atoms with Gasteiger partial charge in [0, 0.05) is 12.8 Å². The fourth-order valence-corrected chi connectivity index (χ4v) is 5.08. The van der Waals surface area contributed by atoms with Gasteiger partial charge in [-0.2, -0.15) is 11.8 Å². The molecule has 0 bridgehead atoms. The number of carboxylic acids is 2. The normalized spacial score (nSPS) is 14.9. The number of hydrogen-bond donors (Lipinski definition) is 11. The number of aromatic hydroxyl groups is 1. The van der Waals surface area contributed by atoms with Gasteiger partial charge in [-0.15, -0.1) is 0 Å². The minimum Gasteiger partial charge on any atom is -0.508 e. The Labute approximate surface area is 311 Å². The molecule has 0 unspecified atom stereocenters. The molecule has 1 rings (SSSR count). The van der Waals surface area contributed by atoms with E-state index in [2.05, 4.69) is 31.9 Å². The van der Waals surface area contributed by atoms with Gasteiger partial charge in [0.15, 0.2) is 0 Å². The summed E-state index contributed by atoms with van der Waals surface area (Å²) < 4.78 is 0. The van der Waals surface area contributed by atoms with Crippen molar-refractivity contribution in [3.63, 3.8) is 0 Å². The lowest BCUT2D eigenvalue weighted by Crippen LogP contribution is -2.60. The number of nitrogens with two attached hydrogens (primary N) is 1. The number of aliphatic carboxylic acids is 2. The fraction of sp³-hybridized carbons (Fsp3) is 0.576. The van der Waals surface area contributed by atoms with Crippen molar-refractivity contribution in [3.05, 3.63) is 29.8 Å². The summed E-state index contributed by atoms with van der Waals surface area (Å²) in [5.74, 6) is -7.69. The number of carbonyl (C=O) groups is 8. The van der Waals surface area contributed by atoms with Crippen molar-refractivity contribution in [3.8, 4) is 5.75 Å². The number of thioether (sulfide) groups is 1. The number of phenolic OH excluding ortho intramolecular Hbond substituents is 1. The van der Waals surface area contributed by atoms with Crippen LogP contribution < -0.4 is 37.6 Å². The van der Waals surface area contributed by atoms with Crippen molar-refractivity contribution in [2.75, 3.05) is 18.6 Å². The van der Waals surface area contributed by atoms with Crippen LogP contribution in [-0.4, -0.2) is 129 Å². The summed E-state index contributed by atoms with van der Waals surface area (Å²) in [6.07, 6.45) is -0.306. The highest BCUT2D eigenvalue weighted by atomic mass is 32.2. The number of aliphatic hydroxyl groups excluding tert-OH is 1. The summed E-state index contributed by atoms with van der Waals surface area (Å²) in [6, 6.07) is -2.07. The van der Waals surface area contributed by atoms with E-state index in [1.165, 1.54) is 49.9 Å². The molecular formula is C33H51N7O12S. The number of carbonyl (C=O) groups excluding carboxylic acids is 6. The second-order valence-electron chi connectivity index (χ2n) is 12.6. The van der Waals surface area contributed by atoms with Crippen LogP contribution >= 0.6 is 11.8 Å². The average Bonchev–Trinajstić information content (AvgIpc) is 3.08. The van der Waals surface area contributed by atoms with Crippen LogP contribution in [0.25, 0.3) is 0 Å². The van der Waals surface area contributed by atoms with Crippen LogP contribution in [0.5, 0.6) is 5.75 Å². The van der Waals surface area contributed by atoms with Gasteiger partial charge in [0.1, 0.15) is 36.0 Å². The van der Waals surface area contributed by atoms with E-state index in [0.717, 1.165) is 0 Å². The molecule has 1 aromatic rings. The Morgan fingerprint density at radius 2 is 1.32 bits per heavy atom. The largest absolute Gasteiger partial charge is 0.508 e.